The number of hydrogen-bond donors (Lipinski definition) is 1. The maximum atomic E-state index is 12.2. The highest BCUT2D eigenvalue weighted by molar-refractivity contribution is 5.61. The van der Waals surface area contributed by atoms with Gasteiger partial charge in [0.1, 0.15) is 18.3 Å². The van der Waals surface area contributed by atoms with Crippen molar-refractivity contribution in [2.45, 2.75) is 117 Å². The van der Waals surface area contributed by atoms with E-state index in [2.05, 4.69) is 27.7 Å². The first-order valence-electron chi connectivity index (χ1n) is 12.9. The van der Waals surface area contributed by atoms with E-state index in [9.17, 15) is 14.4 Å². The molecule has 0 radical (unpaired) electrons. The molecule has 0 aliphatic heterocycles. The molecule has 1 fully saturated rings. The van der Waals surface area contributed by atoms with Crippen LogP contribution in [-0.2, 0) is 23.7 Å². The average molecular weight is 489 g/mol. The van der Waals surface area contributed by atoms with E-state index in [-0.39, 0.29) is 44.3 Å². The SMILES string of the molecule is CCCCC(CC)COC(=O)OC1CC(OC(=O)O)CC(OC(=O)OCC(CC)CCCC)C1. The molecular formula is C25H44O9. The Bertz CT molecular complexity index is 553. The summed E-state index contributed by atoms with van der Waals surface area (Å²) < 4.78 is 26.3. The monoisotopic (exact) mass is 488 g/mol. The summed E-state index contributed by atoms with van der Waals surface area (Å²) in [5.41, 5.74) is 0. The molecule has 9 heteroatoms. The minimum Gasteiger partial charge on any atom is -0.450 e. The van der Waals surface area contributed by atoms with E-state index in [1.165, 1.54) is 0 Å². The second kappa shape index (κ2) is 17.3. The standard InChI is InChI=1S/C25H44O9/c1-5-9-11-18(7-3)16-30-24(28)33-21-13-20(32-23(26)27)14-22(15-21)34-25(29)31-17-19(8-4)12-10-6-2/h18-22H,5-17H2,1-4H3,(H,26,27). The molecule has 0 bridgehead atoms. The molecule has 4 atom stereocenters. The van der Waals surface area contributed by atoms with Gasteiger partial charge in [0.25, 0.3) is 0 Å². The van der Waals surface area contributed by atoms with Crippen LogP contribution < -0.4 is 0 Å². The Hall–Kier alpha value is -2.19. The maximum absolute atomic E-state index is 12.2. The van der Waals surface area contributed by atoms with Crippen LogP contribution in [0.15, 0.2) is 0 Å². The summed E-state index contributed by atoms with van der Waals surface area (Å²) in [5.74, 6) is 0.550. The molecule has 0 spiro atoms. The normalized spacial score (nSPS) is 21.7. The molecule has 1 aliphatic carbocycles. The van der Waals surface area contributed by atoms with Crippen molar-refractivity contribution in [2.24, 2.45) is 11.8 Å². The van der Waals surface area contributed by atoms with Crippen LogP contribution in [0, 0.1) is 11.8 Å². The Balaban J connectivity index is 2.58. The Kier molecular flexibility index (Phi) is 15.2. The van der Waals surface area contributed by atoms with Gasteiger partial charge in [-0.3, -0.25) is 0 Å². The topological polar surface area (TPSA) is 118 Å². The molecule has 1 saturated carbocycles. The zero-order valence-corrected chi connectivity index (χ0v) is 21.3. The second-order valence-corrected chi connectivity index (χ2v) is 9.15. The van der Waals surface area contributed by atoms with E-state index in [1.807, 2.05) is 0 Å². The molecule has 0 amide bonds. The van der Waals surface area contributed by atoms with E-state index in [4.69, 9.17) is 28.8 Å². The first-order valence-corrected chi connectivity index (χ1v) is 12.9. The van der Waals surface area contributed by atoms with Crippen molar-refractivity contribution < 1.29 is 43.2 Å². The van der Waals surface area contributed by atoms with Crippen molar-refractivity contribution in [3.63, 3.8) is 0 Å². The van der Waals surface area contributed by atoms with Crippen LogP contribution in [0.1, 0.15) is 98.3 Å². The predicted octanol–water partition coefficient (Wildman–Crippen LogP) is 6.71. The van der Waals surface area contributed by atoms with Crippen LogP contribution in [0.5, 0.6) is 0 Å². The summed E-state index contributed by atoms with van der Waals surface area (Å²) in [6, 6.07) is 0. The molecule has 1 N–H and O–H groups in total. The zero-order chi connectivity index (χ0) is 25.3. The number of rotatable bonds is 15. The van der Waals surface area contributed by atoms with Crippen molar-refractivity contribution in [1.29, 1.82) is 0 Å². The molecule has 4 unspecified atom stereocenters. The van der Waals surface area contributed by atoms with Gasteiger partial charge in [-0.25, -0.2) is 14.4 Å². The van der Waals surface area contributed by atoms with E-state index >= 15 is 0 Å². The summed E-state index contributed by atoms with van der Waals surface area (Å²) in [7, 11) is 0. The lowest BCUT2D eigenvalue weighted by atomic mass is 9.92. The fourth-order valence-corrected chi connectivity index (χ4v) is 4.11. The third-order valence-corrected chi connectivity index (χ3v) is 6.33. The number of carboxylic acid groups (broad SMARTS) is 1. The fraction of sp³-hybridized carbons (Fsp3) is 0.880. The third kappa shape index (κ3) is 12.9. The number of ether oxygens (including phenoxy) is 5. The van der Waals surface area contributed by atoms with E-state index < -0.39 is 36.8 Å². The number of hydrogen-bond acceptors (Lipinski definition) is 8. The zero-order valence-electron chi connectivity index (χ0n) is 21.3. The lowest BCUT2D eigenvalue weighted by Crippen LogP contribution is -2.40. The first-order chi connectivity index (χ1) is 16.3. The second-order valence-electron chi connectivity index (χ2n) is 9.15. The Morgan fingerprint density at radius 3 is 1.41 bits per heavy atom. The molecular weight excluding hydrogens is 444 g/mol. The minimum absolute atomic E-state index is 0.179. The Labute approximate surface area is 203 Å². The Morgan fingerprint density at radius 1 is 0.706 bits per heavy atom. The van der Waals surface area contributed by atoms with Crippen LogP contribution in [0.3, 0.4) is 0 Å². The number of unbranched alkanes of at least 4 members (excludes halogenated alkanes) is 2. The van der Waals surface area contributed by atoms with Crippen LogP contribution in [0.2, 0.25) is 0 Å². The van der Waals surface area contributed by atoms with Gasteiger partial charge in [-0.15, -0.1) is 0 Å². The van der Waals surface area contributed by atoms with Crippen molar-refractivity contribution in [1.82, 2.24) is 0 Å². The summed E-state index contributed by atoms with van der Waals surface area (Å²) in [5, 5.41) is 9.00. The van der Waals surface area contributed by atoms with Crippen LogP contribution in [0.25, 0.3) is 0 Å². The van der Waals surface area contributed by atoms with Crippen molar-refractivity contribution in [3.8, 4) is 0 Å². The predicted molar refractivity (Wildman–Crippen MR) is 126 cm³/mol. The van der Waals surface area contributed by atoms with Crippen LogP contribution in [-0.4, -0.2) is 55.1 Å². The first kappa shape index (κ1) is 29.8. The molecule has 9 nitrogen and oxygen atoms in total. The van der Waals surface area contributed by atoms with Crippen LogP contribution >= 0.6 is 0 Å². The molecule has 1 rings (SSSR count). The average Bonchev–Trinajstić information content (AvgIpc) is 2.78. The van der Waals surface area contributed by atoms with E-state index in [0.717, 1.165) is 51.4 Å². The number of carbonyl (C=O) groups is 3. The van der Waals surface area contributed by atoms with Gasteiger partial charge in [0.05, 0.1) is 13.2 Å². The van der Waals surface area contributed by atoms with Crippen molar-refractivity contribution in [2.75, 3.05) is 13.2 Å². The van der Waals surface area contributed by atoms with Gasteiger partial charge in [-0.2, -0.15) is 0 Å². The summed E-state index contributed by atoms with van der Waals surface area (Å²) in [4.78, 5) is 35.5. The molecule has 1 aliphatic rings. The number of carbonyl (C=O) groups excluding carboxylic acids is 2. The van der Waals surface area contributed by atoms with Crippen LogP contribution in [0.4, 0.5) is 14.4 Å². The Morgan fingerprint density at radius 2 is 1.09 bits per heavy atom. The quantitative estimate of drug-likeness (QED) is 0.198. The highest BCUT2D eigenvalue weighted by atomic mass is 16.7. The molecule has 0 heterocycles. The van der Waals surface area contributed by atoms with Gasteiger partial charge in [0, 0.05) is 19.3 Å². The minimum atomic E-state index is -1.43. The maximum Gasteiger partial charge on any atom is 0.508 e. The molecule has 0 aromatic heterocycles. The molecule has 0 aromatic carbocycles. The van der Waals surface area contributed by atoms with E-state index in [1.54, 1.807) is 0 Å². The fourth-order valence-electron chi connectivity index (χ4n) is 4.11. The van der Waals surface area contributed by atoms with Crippen molar-refractivity contribution >= 4 is 18.5 Å². The van der Waals surface area contributed by atoms with Gasteiger partial charge >= 0.3 is 18.5 Å². The van der Waals surface area contributed by atoms with Crippen molar-refractivity contribution in [3.05, 3.63) is 0 Å². The van der Waals surface area contributed by atoms with Gasteiger partial charge in [0.15, 0.2) is 0 Å². The van der Waals surface area contributed by atoms with Gasteiger partial charge < -0.3 is 28.8 Å². The molecule has 198 valence electrons. The molecule has 0 aromatic rings. The van der Waals surface area contributed by atoms with Gasteiger partial charge in [-0.05, 0) is 24.7 Å². The highest BCUT2D eigenvalue weighted by Crippen LogP contribution is 2.27. The lowest BCUT2D eigenvalue weighted by molar-refractivity contribution is -0.0761. The lowest BCUT2D eigenvalue weighted by Gasteiger charge is -2.32. The van der Waals surface area contributed by atoms with Gasteiger partial charge in [-0.1, -0.05) is 66.2 Å². The smallest absolute Gasteiger partial charge is 0.450 e. The summed E-state index contributed by atoms with van der Waals surface area (Å²) >= 11 is 0. The third-order valence-electron chi connectivity index (χ3n) is 6.33. The summed E-state index contributed by atoms with van der Waals surface area (Å²) in [6.07, 6.45) is 3.47. The molecule has 0 saturated heterocycles. The summed E-state index contributed by atoms with van der Waals surface area (Å²) in [6.45, 7) is 8.89. The largest absolute Gasteiger partial charge is 0.508 e. The highest BCUT2D eigenvalue weighted by Gasteiger charge is 2.36. The molecule has 34 heavy (non-hydrogen) atoms. The van der Waals surface area contributed by atoms with E-state index in [0.29, 0.717) is 0 Å². The van der Waals surface area contributed by atoms with Gasteiger partial charge in [0.2, 0.25) is 0 Å².